The molecule has 0 fully saturated rings. The van der Waals surface area contributed by atoms with Crippen LogP contribution in [0.2, 0.25) is 0 Å². The Kier molecular flexibility index (Phi) is 4.29. The van der Waals surface area contributed by atoms with Crippen molar-refractivity contribution in [1.82, 2.24) is 19.9 Å². The predicted molar refractivity (Wildman–Crippen MR) is 71.4 cm³/mol. The van der Waals surface area contributed by atoms with E-state index in [1.54, 1.807) is 22.7 Å². The zero-order valence-electron chi connectivity index (χ0n) is 11.1. The van der Waals surface area contributed by atoms with E-state index in [2.05, 4.69) is 15.5 Å². The van der Waals surface area contributed by atoms with Crippen LogP contribution in [0.3, 0.4) is 0 Å². The quantitative estimate of drug-likeness (QED) is 0.819. The van der Waals surface area contributed by atoms with Gasteiger partial charge in [0.05, 0.1) is 11.5 Å². The molecule has 0 bridgehead atoms. The number of carbonyl (C=O) groups excluding carboxylic acids is 1. The molecule has 106 valence electrons. The van der Waals surface area contributed by atoms with Gasteiger partial charge < -0.3 is 10.4 Å². The van der Waals surface area contributed by atoms with E-state index in [0.29, 0.717) is 17.6 Å². The molecular weight excluding hydrogens is 260 g/mol. The first-order valence-electron chi connectivity index (χ1n) is 6.42. The van der Waals surface area contributed by atoms with Crippen LogP contribution in [-0.4, -0.2) is 38.1 Å². The lowest BCUT2D eigenvalue weighted by Crippen LogP contribution is -2.33. The first-order chi connectivity index (χ1) is 9.61. The minimum Gasteiger partial charge on any atom is -0.481 e. The third-order valence-electron chi connectivity index (χ3n) is 3.05. The topological polar surface area (TPSA) is 96.6 Å². The minimum atomic E-state index is -0.888. The Labute approximate surface area is 115 Å². The lowest BCUT2D eigenvalue weighted by Gasteiger charge is -2.12. The van der Waals surface area contributed by atoms with Crippen molar-refractivity contribution in [3.8, 4) is 0 Å². The molecule has 2 rings (SSSR count). The van der Waals surface area contributed by atoms with Crippen LogP contribution in [0, 0.1) is 5.92 Å². The Morgan fingerprint density at radius 1 is 1.45 bits per heavy atom. The molecule has 2 aromatic rings. The number of carbonyl (C=O) groups is 2. The SMILES string of the molecule is CCCC(CNC(=O)c1ccc2nncn2c1)C(=O)O. The maximum absolute atomic E-state index is 12.0. The van der Waals surface area contributed by atoms with E-state index in [0.717, 1.165) is 6.42 Å². The molecule has 0 saturated carbocycles. The highest BCUT2D eigenvalue weighted by molar-refractivity contribution is 5.94. The molecule has 2 heterocycles. The molecule has 0 radical (unpaired) electrons. The van der Waals surface area contributed by atoms with Gasteiger partial charge in [-0.1, -0.05) is 13.3 Å². The highest BCUT2D eigenvalue weighted by Gasteiger charge is 2.17. The molecule has 1 atom stereocenters. The van der Waals surface area contributed by atoms with Gasteiger partial charge in [-0.15, -0.1) is 10.2 Å². The largest absolute Gasteiger partial charge is 0.481 e. The number of hydrogen-bond acceptors (Lipinski definition) is 4. The Morgan fingerprint density at radius 2 is 2.25 bits per heavy atom. The van der Waals surface area contributed by atoms with Gasteiger partial charge in [0.1, 0.15) is 6.33 Å². The van der Waals surface area contributed by atoms with Crippen LogP contribution in [-0.2, 0) is 4.79 Å². The normalized spacial score (nSPS) is 12.2. The molecule has 0 spiro atoms. The summed E-state index contributed by atoms with van der Waals surface area (Å²) in [7, 11) is 0. The summed E-state index contributed by atoms with van der Waals surface area (Å²) in [5.41, 5.74) is 1.09. The van der Waals surface area contributed by atoms with Crippen LogP contribution in [0.15, 0.2) is 24.7 Å². The van der Waals surface area contributed by atoms with Crippen molar-refractivity contribution in [3.63, 3.8) is 0 Å². The molecule has 7 heteroatoms. The van der Waals surface area contributed by atoms with Crippen LogP contribution < -0.4 is 5.32 Å². The van der Waals surface area contributed by atoms with Crippen molar-refractivity contribution < 1.29 is 14.7 Å². The van der Waals surface area contributed by atoms with E-state index < -0.39 is 11.9 Å². The van der Waals surface area contributed by atoms with E-state index in [1.165, 1.54) is 6.33 Å². The fourth-order valence-electron chi connectivity index (χ4n) is 1.94. The summed E-state index contributed by atoms with van der Waals surface area (Å²) in [5, 5.41) is 19.2. The summed E-state index contributed by atoms with van der Waals surface area (Å²) in [6, 6.07) is 3.32. The highest BCUT2D eigenvalue weighted by atomic mass is 16.4. The molecule has 20 heavy (non-hydrogen) atoms. The Balaban J connectivity index is 2.02. The zero-order valence-corrected chi connectivity index (χ0v) is 11.1. The summed E-state index contributed by atoms with van der Waals surface area (Å²) in [5.74, 6) is -1.74. The Morgan fingerprint density at radius 3 is 2.95 bits per heavy atom. The van der Waals surface area contributed by atoms with Crippen molar-refractivity contribution in [2.45, 2.75) is 19.8 Å². The van der Waals surface area contributed by atoms with E-state index in [4.69, 9.17) is 5.11 Å². The second kappa shape index (κ2) is 6.14. The standard InChI is InChI=1S/C13H16N4O3/c1-2-3-9(13(19)20)6-14-12(18)10-4-5-11-16-15-8-17(11)7-10/h4-5,7-9H,2-3,6H2,1H3,(H,14,18)(H,19,20). The van der Waals surface area contributed by atoms with E-state index in [1.807, 2.05) is 6.92 Å². The smallest absolute Gasteiger partial charge is 0.308 e. The molecule has 2 aromatic heterocycles. The molecule has 1 amide bonds. The van der Waals surface area contributed by atoms with Crippen molar-refractivity contribution >= 4 is 17.5 Å². The van der Waals surface area contributed by atoms with Crippen LogP contribution in [0.25, 0.3) is 5.65 Å². The molecule has 1 unspecified atom stereocenters. The number of nitrogens with one attached hydrogen (secondary N) is 1. The lowest BCUT2D eigenvalue weighted by molar-refractivity contribution is -0.141. The van der Waals surface area contributed by atoms with E-state index >= 15 is 0 Å². The Bertz CT molecular complexity index is 623. The average Bonchev–Trinajstić information content (AvgIpc) is 2.89. The Hall–Kier alpha value is -2.44. The maximum Gasteiger partial charge on any atom is 0.308 e. The number of amides is 1. The zero-order chi connectivity index (χ0) is 14.5. The van der Waals surface area contributed by atoms with Crippen molar-refractivity contribution in [1.29, 1.82) is 0 Å². The monoisotopic (exact) mass is 276 g/mol. The second-order valence-electron chi connectivity index (χ2n) is 4.55. The van der Waals surface area contributed by atoms with Crippen LogP contribution in [0.4, 0.5) is 0 Å². The molecule has 7 nitrogen and oxygen atoms in total. The van der Waals surface area contributed by atoms with Crippen molar-refractivity contribution in [2.24, 2.45) is 5.92 Å². The fraction of sp³-hybridized carbons (Fsp3) is 0.385. The number of rotatable bonds is 6. The summed E-state index contributed by atoms with van der Waals surface area (Å²) >= 11 is 0. The molecule has 0 saturated heterocycles. The summed E-state index contributed by atoms with van der Waals surface area (Å²) in [6.07, 6.45) is 4.42. The van der Waals surface area contributed by atoms with Gasteiger partial charge in [0.15, 0.2) is 5.65 Å². The number of aromatic nitrogens is 3. The number of pyridine rings is 1. The molecule has 0 aliphatic rings. The average molecular weight is 276 g/mol. The third kappa shape index (κ3) is 3.11. The fourth-order valence-corrected chi connectivity index (χ4v) is 1.94. The number of carboxylic acid groups (broad SMARTS) is 1. The third-order valence-corrected chi connectivity index (χ3v) is 3.05. The van der Waals surface area contributed by atoms with Gasteiger partial charge in [-0.25, -0.2) is 0 Å². The van der Waals surface area contributed by atoms with Gasteiger partial charge in [0.2, 0.25) is 0 Å². The molecule has 0 aliphatic heterocycles. The second-order valence-corrected chi connectivity index (χ2v) is 4.55. The first-order valence-corrected chi connectivity index (χ1v) is 6.42. The number of fused-ring (bicyclic) bond motifs is 1. The highest BCUT2D eigenvalue weighted by Crippen LogP contribution is 2.07. The van der Waals surface area contributed by atoms with E-state index in [-0.39, 0.29) is 12.5 Å². The molecule has 0 aliphatic carbocycles. The van der Waals surface area contributed by atoms with Crippen LogP contribution >= 0.6 is 0 Å². The number of hydrogen-bond donors (Lipinski definition) is 2. The van der Waals surface area contributed by atoms with Gasteiger partial charge >= 0.3 is 5.97 Å². The van der Waals surface area contributed by atoms with Crippen molar-refractivity contribution in [2.75, 3.05) is 6.54 Å². The predicted octanol–water partition coefficient (Wildman–Crippen LogP) is 0.960. The first kappa shape index (κ1) is 14.0. The van der Waals surface area contributed by atoms with Gasteiger partial charge in [-0.05, 0) is 18.6 Å². The van der Waals surface area contributed by atoms with Gasteiger partial charge in [0, 0.05) is 12.7 Å². The number of aliphatic carboxylic acids is 1. The van der Waals surface area contributed by atoms with Gasteiger partial charge in [-0.2, -0.15) is 0 Å². The molecule has 2 N–H and O–H groups in total. The summed E-state index contributed by atoms with van der Waals surface area (Å²) in [4.78, 5) is 23.0. The summed E-state index contributed by atoms with van der Waals surface area (Å²) < 4.78 is 1.63. The van der Waals surface area contributed by atoms with Gasteiger partial charge in [0.25, 0.3) is 5.91 Å². The van der Waals surface area contributed by atoms with Crippen LogP contribution in [0.1, 0.15) is 30.1 Å². The lowest BCUT2D eigenvalue weighted by atomic mass is 10.0. The number of nitrogens with zero attached hydrogens (tertiary/aromatic N) is 3. The molecule has 0 aromatic carbocycles. The molecular formula is C13H16N4O3. The minimum absolute atomic E-state index is 0.127. The van der Waals surface area contributed by atoms with Crippen molar-refractivity contribution in [3.05, 3.63) is 30.2 Å². The van der Waals surface area contributed by atoms with Crippen LogP contribution in [0.5, 0.6) is 0 Å². The van der Waals surface area contributed by atoms with E-state index in [9.17, 15) is 9.59 Å². The maximum atomic E-state index is 12.0. The van der Waals surface area contributed by atoms with Gasteiger partial charge in [-0.3, -0.25) is 14.0 Å². The summed E-state index contributed by atoms with van der Waals surface area (Å²) in [6.45, 7) is 2.04. The number of carboxylic acids is 1.